The molecule has 3 rings (SSSR count). The quantitative estimate of drug-likeness (QED) is 0.864. The maximum absolute atomic E-state index is 11.5. The third-order valence-electron chi connectivity index (χ3n) is 4.32. The van der Waals surface area contributed by atoms with Gasteiger partial charge < -0.3 is 14.1 Å². The van der Waals surface area contributed by atoms with Gasteiger partial charge in [0.1, 0.15) is 17.8 Å². The molecule has 7 heteroatoms. The largest absolute Gasteiger partial charge is 0.502 e. The van der Waals surface area contributed by atoms with E-state index in [0.29, 0.717) is 17.6 Å². The van der Waals surface area contributed by atoms with Crippen LogP contribution in [0.15, 0.2) is 26.7 Å². The number of hydrogen-bond donors (Lipinski definition) is 1. The second-order valence-corrected chi connectivity index (χ2v) is 7.15. The zero-order valence-electron chi connectivity index (χ0n) is 13.4. The van der Waals surface area contributed by atoms with E-state index in [1.807, 2.05) is 6.92 Å². The van der Waals surface area contributed by atoms with Crippen LogP contribution in [0.1, 0.15) is 50.2 Å². The first kappa shape index (κ1) is 16.1. The van der Waals surface area contributed by atoms with Crippen molar-refractivity contribution in [1.82, 2.24) is 14.8 Å². The van der Waals surface area contributed by atoms with Gasteiger partial charge in [0.2, 0.25) is 5.43 Å². The standard InChI is InChI=1S/C16H21N3O3S/c1-10-4-3-5-12(6-10)19-11(2)17-18-16(19)23-9-13-7-14(20)15(21)8-22-13/h7-8,10,12,21H,3-6,9H2,1-2H3/t10-,12-/m0/s1. The normalized spacial score (nSPS) is 21.5. The summed E-state index contributed by atoms with van der Waals surface area (Å²) in [7, 11) is 0. The Morgan fingerprint density at radius 1 is 1.43 bits per heavy atom. The molecular weight excluding hydrogens is 314 g/mol. The molecule has 124 valence electrons. The Hall–Kier alpha value is -1.76. The molecule has 1 saturated carbocycles. The van der Waals surface area contributed by atoms with Crippen LogP contribution in [0.4, 0.5) is 0 Å². The summed E-state index contributed by atoms with van der Waals surface area (Å²) in [5, 5.41) is 18.6. The van der Waals surface area contributed by atoms with Crippen molar-refractivity contribution in [1.29, 1.82) is 0 Å². The molecule has 2 heterocycles. The van der Waals surface area contributed by atoms with Crippen LogP contribution >= 0.6 is 11.8 Å². The van der Waals surface area contributed by atoms with Crippen LogP contribution in [-0.2, 0) is 5.75 Å². The molecule has 1 aliphatic rings. The fourth-order valence-corrected chi connectivity index (χ4v) is 4.10. The van der Waals surface area contributed by atoms with Crippen LogP contribution in [0.25, 0.3) is 0 Å². The molecule has 0 saturated heterocycles. The predicted molar refractivity (Wildman–Crippen MR) is 87.6 cm³/mol. The molecule has 0 aliphatic heterocycles. The molecular formula is C16H21N3O3S. The highest BCUT2D eigenvalue weighted by Gasteiger charge is 2.24. The van der Waals surface area contributed by atoms with Gasteiger partial charge in [-0.25, -0.2) is 0 Å². The number of thioether (sulfide) groups is 1. The van der Waals surface area contributed by atoms with E-state index in [1.165, 1.54) is 30.7 Å². The van der Waals surface area contributed by atoms with Gasteiger partial charge in [-0.05, 0) is 25.7 Å². The number of hydrogen-bond acceptors (Lipinski definition) is 6. The van der Waals surface area contributed by atoms with E-state index in [-0.39, 0.29) is 5.75 Å². The lowest BCUT2D eigenvalue weighted by Gasteiger charge is -2.29. The molecule has 6 nitrogen and oxygen atoms in total. The Balaban J connectivity index is 1.75. The molecule has 1 aliphatic carbocycles. The highest BCUT2D eigenvalue weighted by atomic mass is 32.2. The summed E-state index contributed by atoms with van der Waals surface area (Å²) < 4.78 is 7.46. The lowest BCUT2D eigenvalue weighted by molar-refractivity contribution is 0.268. The average molecular weight is 335 g/mol. The summed E-state index contributed by atoms with van der Waals surface area (Å²) in [6.07, 6.45) is 5.92. The molecule has 23 heavy (non-hydrogen) atoms. The van der Waals surface area contributed by atoms with Crippen molar-refractivity contribution in [2.24, 2.45) is 5.92 Å². The van der Waals surface area contributed by atoms with Crippen LogP contribution in [0.3, 0.4) is 0 Å². The molecule has 0 unspecified atom stereocenters. The van der Waals surface area contributed by atoms with Crippen LogP contribution in [0, 0.1) is 12.8 Å². The molecule has 0 amide bonds. The second-order valence-electron chi connectivity index (χ2n) is 6.21. The SMILES string of the molecule is Cc1nnc(SCc2cc(=O)c(O)co2)n1[C@H]1CCC[C@H](C)C1. The first-order valence-electron chi connectivity index (χ1n) is 7.89. The molecule has 2 aromatic heterocycles. The van der Waals surface area contributed by atoms with Crippen molar-refractivity contribution in [2.45, 2.75) is 56.5 Å². The minimum absolute atomic E-state index is 0.367. The van der Waals surface area contributed by atoms with Crippen molar-refractivity contribution in [3.8, 4) is 5.75 Å². The van der Waals surface area contributed by atoms with Gasteiger partial charge in [-0.15, -0.1) is 10.2 Å². The van der Waals surface area contributed by atoms with Gasteiger partial charge in [-0.3, -0.25) is 4.79 Å². The average Bonchev–Trinajstić information content (AvgIpc) is 2.89. The summed E-state index contributed by atoms with van der Waals surface area (Å²) in [6, 6.07) is 1.77. The van der Waals surface area contributed by atoms with Crippen LogP contribution < -0.4 is 5.43 Å². The first-order chi connectivity index (χ1) is 11.0. The van der Waals surface area contributed by atoms with Gasteiger partial charge in [0, 0.05) is 12.1 Å². The van der Waals surface area contributed by atoms with Crippen molar-refractivity contribution in [3.05, 3.63) is 34.1 Å². The number of aromatic nitrogens is 3. The van der Waals surface area contributed by atoms with E-state index in [0.717, 1.165) is 36.0 Å². The van der Waals surface area contributed by atoms with Gasteiger partial charge in [-0.1, -0.05) is 31.5 Å². The second kappa shape index (κ2) is 6.78. The Kier molecular flexibility index (Phi) is 4.75. The monoisotopic (exact) mass is 335 g/mol. The third-order valence-corrected chi connectivity index (χ3v) is 5.28. The summed E-state index contributed by atoms with van der Waals surface area (Å²) in [5.74, 6) is 2.29. The molecule has 1 fully saturated rings. The highest BCUT2D eigenvalue weighted by molar-refractivity contribution is 7.98. The van der Waals surface area contributed by atoms with E-state index in [4.69, 9.17) is 4.42 Å². The molecule has 0 bridgehead atoms. The molecule has 2 aromatic rings. The fraction of sp³-hybridized carbons (Fsp3) is 0.562. The van der Waals surface area contributed by atoms with Gasteiger partial charge in [0.05, 0.1) is 5.75 Å². The van der Waals surface area contributed by atoms with Crippen molar-refractivity contribution < 1.29 is 9.52 Å². The van der Waals surface area contributed by atoms with Crippen LogP contribution in [0.2, 0.25) is 0 Å². The Labute approximate surface area is 138 Å². The third kappa shape index (κ3) is 3.60. The Morgan fingerprint density at radius 2 is 2.26 bits per heavy atom. The Morgan fingerprint density at radius 3 is 3.00 bits per heavy atom. The van der Waals surface area contributed by atoms with E-state index in [2.05, 4.69) is 21.7 Å². The number of aryl methyl sites for hydroxylation is 1. The zero-order chi connectivity index (χ0) is 16.4. The van der Waals surface area contributed by atoms with Gasteiger partial charge in [0.15, 0.2) is 10.9 Å². The molecule has 0 radical (unpaired) electrons. The van der Waals surface area contributed by atoms with Crippen LogP contribution in [-0.4, -0.2) is 19.9 Å². The maximum Gasteiger partial charge on any atom is 0.226 e. The molecule has 2 atom stereocenters. The summed E-state index contributed by atoms with van der Waals surface area (Å²) >= 11 is 1.51. The van der Waals surface area contributed by atoms with E-state index in [9.17, 15) is 9.90 Å². The number of aromatic hydroxyl groups is 1. The van der Waals surface area contributed by atoms with E-state index in [1.54, 1.807) is 0 Å². The lowest BCUT2D eigenvalue weighted by Crippen LogP contribution is -2.19. The summed E-state index contributed by atoms with van der Waals surface area (Å²) in [4.78, 5) is 11.5. The molecule has 1 N–H and O–H groups in total. The minimum atomic E-state index is -0.425. The van der Waals surface area contributed by atoms with Crippen molar-refractivity contribution in [2.75, 3.05) is 0 Å². The smallest absolute Gasteiger partial charge is 0.226 e. The molecule has 0 spiro atoms. The number of nitrogens with zero attached hydrogens (tertiary/aromatic N) is 3. The number of rotatable bonds is 4. The highest BCUT2D eigenvalue weighted by Crippen LogP contribution is 2.35. The van der Waals surface area contributed by atoms with Crippen molar-refractivity contribution in [3.63, 3.8) is 0 Å². The minimum Gasteiger partial charge on any atom is -0.502 e. The van der Waals surface area contributed by atoms with Crippen molar-refractivity contribution >= 4 is 11.8 Å². The first-order valence-corrected chi connectivity index (χ1v) is 8.88. The maximum atomic E-state index is 11.5. The lowest BCUT2D eigenvalue weighted by atomic mass is 9.87. The van der Waals surface area contributed by atoms with E-state index < -0.39 is 5.43 Å². The van der Waals surface area contributed by atoms with E-state index >= 15 is 0 Å². The van der Waals surface area contributed by atoms with Gasteiger partial charge in [0.25, 0.3) is 0 Å². The predicted octanol–water partition coefficient (Wildman–Crippen LogP) is 3.29. The fourth-order valence-electron chi connectivity index (χ4n) is 3.16. The topological polar surface area (TPSA) is 81.2 Å². The van der Waals surface area contributed by atoms with Gasteiger partial charge >= 0.3 is 0 Å². The molecule has 0 aromatic carbocycles. The Bertz CT molecular complexity index is 740. The zero-order valence-corrected chi connectivity index (χ0v) is 14.2. The summed E-state index contributed by atoms with van der Waals surface area (Å²) in [5.41, 5.74) is -0.425. The van der Waals surface area contributed by atoms with Gasteiger partial charge in [-0.2, -0.15) is 0 Å². The summed E-state index contributed by atoms with van der Waals surface area (Å²) in [6.45, 7) is 4.28. The van der Waals surface area contributed by atoms with Crippen LogP contribution in [0.5, 0.6) is 5.75 Å².